The van der Waals surface area contributed by atoms with Crippen molar-refractivity contribution in [3.63, 3.8) is 0 Å². The molecule has 2 rings (SSSR count). The Morgan fingerprint density at radius 1 is 1.20 bits per heavy atom. The van der Waals surface area contributed by atoms with Gasteiger partial charge in [0.25, 0.3) is 0 Å². The molecular weight excluding hydrogens is 209 g/mol. The van der Waals surface area contributed by atoms with Crippen molar-refractivity contribution in [2.75, 3.05) is 0 Å². The van der Waals surface area contributed by atoms with Crippen LogP contribution in [0.15, 0.2) is 34.9 Å². The van der Waals surface area contributed by atoms with E-state index in [4.69, 9.17) is 9.52 Å². The second kappa shape index (κ2) is 3.27. The van der Waals surface area contributed by atoms with Crippen LogP contribution in [-0.4, -0.2) is 11.3 Å². The van der Waals surface area contributed by atoms with Gasteiger partial charge in [0, 0.05) is 5.39 Å². The number of furan rings is 1. The Bertz CT molecular complexity index is 473. The molecule has 1 unspecified atom stereocenters. The van der Waals surface area contributed by atoms with Gasteiger partial charge in [0.2, 0.25) is 0 Å². The molecule has 0 fully saturated rings. The Hall–Kier alpha value is -1.49. The van der Waals surface area contributed by atoms with E-state index in [1.54, 1.807) is 6.07 Å². The summed E-state index contributed by atoms with van der Waals surface area (Å²) < 4.78 is 41.5. The molecule has 1 N–H and O–H groups in total. The predicted octanol–water partition coefficient (Wildman–Crippen LogP) is 3.03. The van der Waals surface area contributed by atoms with Crippen molar-refractivity contribution >= 4 is 11.0 Å². The number of rotatable bonds is 1. The first-order valence-corrected chi connectivity index (χ1v) is 4.20. The van der Waals surface area contributed by atoms with Gasteiger partial charge in [0.05, 0.1) is 6.26 Å². The van der Waals surface area contributed by atoms with E-state index in [1.807, 2.05) is 0 Å². The molecule has 15 heavy (non-hydrogen) atoms. The lowest BCUT2D eigenvalue weighted by Gasteiger charge is -2.14. The van der Waals surface area contributed by atoms with E-state index >= 15 is 0 Å². The van der Waals surface area contributed by atoms with Crippen LogP contribution >= 0.6 is 0 Å². The van der Waals surface area contributed by atoms with Gasteiger partial charge in [-0.3, -0.25) is 0 Å². The number of benzene rings is 1. The molecule has 1 heterocycles. The lowest BCUT2D eigenvalue weighted by atomic mass is 10.1. The summed E-state index contributed by atoms with van der Waals surface area (Å²) in [5, 5.41) is 9.54. The van der Waals surface area contributed by atoms with Crippen molar-refractivity contribution in [2.45, 2.75) is 12.3 Å². The number of halogens is 3. The zero-order valence-electron chi connectivity index (χ0n) is 7.45. The van der Waals surface area contributed by atoms with E-state index in [0.29, 0.717) is 11.0 Å². The van der Waals surface area contributed by atoms with Gasteiger partial charge in [0.15, 0.2) is 6.10 Å². The van der Waals surface area contributed by atoms with Crippen LogP contribution < -0.4 is 0 Å². The second-order valence-electron chi connectivity index (χ2n) is 3.16. The highest BCUT2D eigenvalue weighted by molar-refractivity contribution is 5.77. The van der Waals surface area contributed by atoms with Gasteiger partial charge in [-0.05, 0) is 23.8 Å². The van der Waals surface area contributed by atoms with E-state index in [-0.39, 0.29) is 5.56 Å². The fourth-order valence-corrected chi connectivity index (χ4v) is 1.34. The molecule has 0 amide bonds. The first-order chi connectivity index (χ1) is 6.98. The number of alkyl halides is 3. The third-order valence-corrected chi connectivity index (χ3v) is 2.10. The lowest BCUT2D eigenvalue weighted by Crippen LogP contribution is -2.19. The lowest BCUT2D eigenvalue weighted by molar-refractivity contribution is -0.206. The molecule has 0 saturated heterocycles. The molecule has 0 spiro atoms. The third-order valence-electron chi connectivity index (χ3n) is 2.10. The van der Waals surface area contributed by atoms with Crippen molar-refractivity contribution in [1.82, 2.24) is 0 Å². The zero-order chi connectivity index (χ0) is 11.1. The standard InChI is InChI=1S/C10H7F3O2/c11-10(12,13)9(14)7-1-2-8-6(5-7)3-4-15-8/h1-5,9,14H. The minimum Gasteiger partial charge on any atom is -0.464 e. The normalized spacial score (nSPS) is 14.4. The van der Waals surface area contributed by atoms with E-state index in [2.05, 4.69) is 0 Å². The number of hydrogen-bond acceptors (Lipinski definition) is 2. The molecule has 1 aromatic carbocycles. The summed E-state index contributed by atoms with van der Waals surface area (Å²) in [6.07, 6.45) is -5.71. The molecule has 0 aliphatic rings. The summed E-state index contributed by atoms with van der Waals surface area (Å²) in [6.45, 7) is 0. The molecular formula is C10H7F3O2. The average Bonchev–Trinajstić information content (AvgIpc) is 2.61. The van der Waals surface area contributed by atoms with Gasteiger partial charge in [-0.1, -0.05) is 6.07 Å². The van der Waals surface area contributed by atoms with Gasteiger partial charge in [0.1, 0.15) is 5.58 Å². The minimum atomic E-state index is -4.64. The van der Waals surface area contributed by atoms with Gasteiger partial charge in [-0.2, -0.15) is 13.2 Å². The Balaban J connectivity index is 2.44. The quantitative estimate of drug-likeness (QED) is 0.794. The second-order valence-corrected chi connectivity index (χ2v) is 3.16. The SMILES string of the molecule is OC(c1ccc2occc2c1)C(F)(F)F. The van der Waals surface area contributed by atoms with Crippen LogP contribution in [0.5, 0.6) is 0 Å². The van der Waals surface area contributed by atoms with E-state index in [1.165, 1.54) is 24.5 Å². The highest BCUT2D eigenvalue weighted by Gasteiger charge is 2.39. The van der Waals surface area contributed by atoms with Gasteiger partial charge in [-0.15, -0.1) is 0 Å². The van der Waals surface area contributed by atoms with Gasteiger partial charge >= 0.3 is 6.18 Å². The molecule has 2 aromatic rings. The van der Waals surface area contributed by atoms with Crippen LogP contribution in [0, 0.1) is 0 Å². The Labute approximate surface area is 82.9 Å². The predicted molar refractivity (Wildman–Crippen MR) is 47.2 cm³/mol. The summed E-state index contributed by atoms with van der Waals surface area (Å²) in [6, 6.07) is 5.41. The van der Waals surface area contributed by atoms with Crippen LogP contribution in [0.2, 0.25) is 0 Å². The highest BCUT2D eigenvalue weighted by Crippen LogP contribution is 2.33. The fourth-order valence-electron chi connectivity index (χ4n) is 1.34. The molecule has 0 bridgehead atoms. The first-order valence-electron chi connectivity index (χ1n) is 4.20. The van der Waals surface area contributed by atoms with Crippen molar-refractivity contribution in [3.05, 3.63) is 36.1 Å². The van der Waals surface area contributed by atoms with Crippen LogP contribution in [0.25, 0.3) is 11.0 Å². The number of aliphatic hydroxyl groups excluding tert-OH is 1. The number of aliphatic hydroxyl groups is 1. The third kappa shape index (κ3) is 1.83. The molecule has 0 aliphatic carbocycles. The first kappa shape index (κ1) is 10.0. The van der Waals surface area contributed by atoms with Crippen molar-refractivity contribution in [3.8, 4) is 0 Å². The summed E-state index contributed by atoms with van der Waals surface area (Å²) >= 11 is 0. The molecule has 0 aliphatic heterocycles. The highest BCUT2D eigenvalue weighted by atomic mass is 19.4. The van der Waals surface area contributed by atoms with E-state index < -0.39 is 12.3 Å². The van der Waals surface area contributed by atoms with E-state index in [0.717, 1.165) is 0 Å². The summed E-state index contributed by atoms with van der Waals surface area (Å²) in [5.74, 6) is 0. The molecule has 1 aromatic heterocycles. The molecule has 80 valence electrons. The van der Waals surface area contributed by atoms with Gasteiger partial charge in [-0.25, -0.2) is 0 Å². The molecule has 5 heteroatoms. The summed E-state index contributed by atoms with van der Waals surface area (Å²) in [7, 11) is 0. The fraction of sp³-hybridized carbons (Fsp3) is 0.200. The maximum atomic E-state index is 12.2. The minimum absolute atomic E-state index is 0.184. The average molecular weight is 216 g/mol. The zero-order valence-corrected chi connectivity index (χ0v) is 7.45. The molecule has 1 atom stereocenters. The Morgan fingerprint density at radius 3 is 2.60 bits per heavy atom. The maximum absolute atomic E-state index is 12.2. The van der Waals surface area contributed by atoms with Crippen LogP contribution in [-0.2, 0) is 0 Å². The Kier molecular flexibility index (Phi) is 2.19. The van der Waals surface area contributed by atoms with E-state index in [9.17, 15) is 13.2 Å². The summed E-state index contributed by atoms with van der Waals surface area (Å²) in [5.41, 5.74) is 0.310. The molecule has 0 saturated carbocycles. The van der Waals surface area contributed by atoms with Crippen LogP contribution in [0.3, 0.4) is 0 Å². The van der Waals surface area contributed by atoms with Crippen LogP contribution in [0.1, 0.15) is 11.7 Å². The van der Waals surface area contributed by atoms with Crippen molar-refractivity contribution < 1.29 is 22.7 Å². The number of fused-ring (bicyclic) bond motifs is 1. The largest absolute Gasteiger partial charge is 0.464 e. The number of hydrogen-bond donors (Lipinski definition) is 1. The Morgan fingerprint density at radius 2 is 1.93 bits per heavy atom. The van der Waals surface area contributed by atoms with Crippen molar-refractivity contribution in [1.29, 1.82) is 0 Å². The monoisotopic (exact) mass is 216 g/mol. The summed E-state index contributed by atoms with van der Waals surface area (Å²) in [4.78, 5) is 0. The maximum Gasteiger partial charge on any atom is 0.418 e. The molecule has 0 radical (unpaired) electrons. The van der Waals surface area contributed by atoms with Crippen LogP contribution in [0.4, 0.5) is 13.2 Å². The topological polar surface area (TPSA) is 33.4 Å². The van der Waals surface area contributed by atoms with Crippen molar-refractivity contribution in [2.24, 2.45) is 0 Å². The van der Waals surface area contributed by atoms with Gasteiger partial charge < -0.3 is 9.52 Å². The molecule has 2 nitrogen and oxygen atoms in total. The smallest absolute Gasteiger partial charge is 0.418 e.